The van der Waals surface area contributed by atoms with Crippen LogP contribution in [0.3, 0.4) is 0 Å². The lowest BCUT2D eigenvalue weighted by atomic mass is 10.1. The highest BCUT2D eigenvalue weighted by molar-refractivity contribution is 5.87. The van der Waals surface area contributed by atoms with E-state index >= 15 is 0 Å². The molecule has 0 saturated carbocycles. The van der Waals surface area contributed by atoms with E-state index in [1.165, 1.54) is 0 Å². The molecular formula is C46H67N9O17. The van der Waals surface area contributed by atoms with Crippen LogP contribution < -0.4 is 16.0 Å². The Morgan fingerprint density at radius 1 is 0.569 bits per heavy atom. The van der Waals surface area contributed by atoms with Gasteiger partial charge in [0.15, 0.2) is 0 Å². The zero-order valence-corrected chi connectivity index (χ0v) is 40.1. The van der Waals surface area contributed by atoms with Crippen molar-refractivity contribution in [1.82, 2.24) is 45.4 Å². The second kappa shape index (κ2) is 31.3. The fraction of sp³-hybridized carbons (Fsp3) is 0.587. The monoisotopic (exact) mass is 1020 g/mol. The van der Waals surface area contributed by atoms with E-state index in [9.17, 15) is 78.6 Å². The molecule has 1 aliphatic rings. The highest BCUT2D eigenvalue weighted by atomic mass is 16.4. The smallest absolute Gasteiger partial charge is 0.326 e. The number of urea groups is 1. The molecule has 2 unspecified atom stereocenters. The highest BCUT2D eigenvalue weighted by Gasteiger charge is 2.29. The van der Waals surface area contributed by atoms with Gasteiger partial charge in [-0.1, -0.05) is 24.3 Å². The summed E-state index contributed by atoms with van der Waals surface area (Å²) in [4.78, 5) is 134. The molecule has 26 heteroatoms. The summed E-state index contributed by atoms with van der Waals surface area (Å²) >= 11 is 0. The molecule has 26 nitrogen and oxygen atoms in total. The van der Waals surface area contributed by atoms with Crippen LogP contribution in [0.2, 0.25) is 0 Å². The number of aliphatic carboxylic acids is 7. The van der Waals surface area contributed by atoms with Crippen molar-refractivity contribution in [1.29, 1.82) is 0 Å². The molecule has 3 rings (SSSR count). The number of benzene rings is 1. The van der Waals surface area contributed by atoms with Crippen molar-refractivity contribution in [2.24, 2.45) is 0 Å². The first kappa shape index (κ1) is 59.3. The van der Waals surface area contributed by atoms with Crippen molar-refractivity contribution >= 4 is 70.4 Å². The van der Waals surface area contributed by atoms with Crippen LogP contribution in [0.15, 0.2) is 36.5 Å². The van der Waals surface area contributed by atoms with Crippen LogP contribution in [0.4, 0.5) is 4.79 Å². The number of carbonyl (C=O) groups is 10. The standard InChI is InChI=1S/C46H67N9O17/c56-37(13-12-36(45(70)71)54-25-23-52(29-41(62)63)21-19-51(28-40(60)61)20-22-53(24-26-54)30-42(64)65)48-16-5-3-10-38(57)55(27-35-32-8-2-1-7-31(32)15-17-47-35)18-6-4-9-33(43(66)67)49-46(72)50-34(44(68)69)11-14-39(58)59/h1-2,7-8,15,17,33-34,36H,3-6,9-14,16,18-30H2,(H,48,56)(H,58,59)(H,60,61)(H,62,63)(H,64,65)(H,66,67)(H,68,69)(H,70,71)(H2,49,50,72)/t33-,34?,36?/m0/s1. The normalized spacial score (nSPS) is 15.7. The van der Waals surface area contributed by atoms with Crippen LogP contribution in [0.1, 0.15) is 69.9 Å². The summed E-state index contributed by atoms with van der Waals surface area (Å²) in [6.45, 7) is 0.278. The quantitative estimate of drug-likeness (QED) is 0.0453. The van der Waals surface area contributed by atoms with E-state index in [1.54, 1.807) is 30.7 Å². The Labute approximate surface area is 414 Å². The number of hydrogen-bond acceptors (Lipinski definition) is 15. The number of carboxylic acids is 7. The number of nitrogens with zero attached hydrogens (tertiary/aromatic N) is 6. The van der Waals surface area contributed by atoms with Crippen LogP contribution in [0.25, 0.3) is 10.8 Å². The minimum Gasteiger partial charge on any atom is -0.481 e. The summed E-state index contributed by atoms with van der Waals surface area (Å²) in [7, 11) is 0. The number of pyridine rings is 1. The van der Waals surface area contributed by atoms with Gasteiger partial charge in [-0.05, 0) is 56.4 Å². The number of amides is 4. The van der Waals surface area contributed by atoms with Gasteiger partial charge in [0.1, 0.15) is 18.1 Å². The number of unbranched alkanes of at least 4 members (excludes halogenated alkanes) is 2. The molecule has 4 amide bonds. The molecule has 0 spiro atoms. The molecule has 3 atom stereocenters. The molecule has 2 heterocycles. The van der Waals surface area contributed by atoms with E-state index in [2.05, 4.69) is 20.9 Å². The number of hydrogen-bond donors (Lipinski definition) is 10. The first-order valence-corrected chi connectivity index (χ1v) is 23.6. The van der Waals surface area contributed by atoms with Gasteiger partial charge in [-0.15, -0.1) is 0 Å². The minimum absolute atomic E-state index is 0.0570. The maximum Gasteiger partial charge on any atom is 0.326 e. The lowest BCUT2D eigenvalue weighted by molar-refractivity contribution is -0.145. The van der Waals surface area contributed by atoms with Gasteiger partial charge >= 0.3 is 47.8 Å². The van der Waals surface area contributed by atoms with Crippen LogP contribution >= 0.6 is 0 Å². The summed E-state index contributed by atoms with van der Waals surface area (Å²) < 4.78 is 0. The molecule has 0 aliphatic carbocycles. The van der Waals surface area contributed by atoms with Gasteiger partial charge < -0.3 is 56.6 Å². The Kier molecular flexibility index (Phi) is 25.8. The number of carboxylic acid groups (broad SMARTS) is 7. The summed E-state index contributed by atoms with van der Waals surface area (Å²) in [5.41, 5.74) is 0.623. The van der Waals surface area contributed by atoms with Gasteiger partial charge in [0.2, 0.25) is 11.8 Å². The van der Waals surface area contributed by atoms with Crippen LogP contribution in [0, 0.1) is 0 Å². The van der Waals surface area contributed by atoms with Gasteiger partial charge in [0, 0.05) is 96.3 Å². The first-order chi connectivity index (χ1) is 34.2. The molecule has 2 aromatic rings. The second-order valence-electron chi connectivity index (χ2n) is 17.4. The zero-order chi connectivity index (χ0) is 53.2. The van der Waals surface area contributed by atoms with Crippen molar-refractivity contribution in [3.63, 3.8) is 0 Å². The number of carbonyl (C=O) groups excluding carboxylic acids is 3. The number of rotatable bonds is 30. The third-order valence-corrected chi connectivity index (χ3v) is 11.9. The Morgan fingerprint density at radius 2 is 1.11 bits per heavy atom. The third kappa shape index (κ3) is 22.8. The van der Waals surface area contributed by atoms with Crippen LogP contribution in [-0.4, -0.2) is 228 Å². The number of aromatic nitrogens is 1. The van der Waals surface area contributed by atoms with E-state index in [0.717, 1.165) is 10.8 Å². The maximum atomic E-state index is 13.7. The van der Waals surface area contributed by atoms with Gasteiger partial charge in [-0.3, -0.25) is 58.1 Å². The van der Waals surface area contributed by atoms with E-state index in [1.807, 2.05) is 30.3 Å². The summed E-state index contributed by atoms with van der Waals surface area (Å²) in [6, 6.07) is 4.02. The van der Waals surface area contributed by atoms with Gasteiger partial charge in [0.25, 0.3) is 0 Å². The number of nitrogens with one attached hydrogen (secondary N) is 3. The van der Waals surface area contributed by atoms with Crippen molar-refractivity contribution in [2.75, 3.05) is 85.1 Å². The molecule has 0 radical (unpaired) electrons. The molecule has 398 valence electrons. The van der Waals surface area contributed by atoms with E-state index in [0.29, 0.717) is 25.0 Å². The fourth-order valence-electron chi connectivity index (χ4n) is 8.09. The van der Waals surface area contributed by atoms with E-state index in [-0.39, 0.29) is 130 Å². The summed E-state index contributed by atoms with van der Waals surface area (Å²) in [6.07, 6.45) is 1.58. The second-order valence-corrected chi connectivity index (χ2v) is 17.4. The molecule has 1 aromatic heterocycles. The van der Waals surface area contributed by atoms with Crippen molar-refractivity contribution in [3.05, 3.63) is 42.2 Å². The van der Waals surface area contributed by atoms with E-state index in [4.69, 9.17) is 5.11 Å². The molecule has 1 saturated heterocycles. The molecule has 0 bridgehead atoms. The Balaban J connectivity index is 1.60. The largest absolute Gasteiger partial charge is 0.481 e. The molecule has 1 aromatic carbocycles. The molecule has 10 N–H and O–H groups in total. The maximum absolute atomic E-state index is 13.7. The molecule has 72 heavy (non-hydrogen) atoms. The average Bonchev–Trinajstić information content (AvgIpc) is 3.30. The van der Waals surface area contributed by atoms with Gasteiger partial charge in [0.05, 0.1) is 31.9 Å². The van der Waals surface area contributed by atoms with E-state index < -0.39 is 84.7 Å². The lowest BCUT2D eigenvalue weighted by Crippen LogP contribution is -2.52. The molecule has 1 aliphatic heterocycles. The predicted octanol–water partition coefficient (Wildman–Crippen LogP) is -0.201. The summed E-state index contributed by atoms with van der Waals surface area (Å²) in [5, 5.41) is 75.6. The first-order valence-electron chi connectivity index (χ1n) is 23.6. The fourth-order valence-corrected chi connectivity index (χ4v) is 8.09. The highest BCUT2D eigenvalue weighted by Crippen LogP contribution is 2.20. The minimum atomic E-state index is -1.56. The Morgan fingerprint density at radius 3 is 1.64 bits per heavy atom. The SMILES string of the molecule is O=C(O)CCC(NC(=O)N[C@@H](CCCCN(Cc1nccc2ccccc12)C(=O)CCCCNC(=O)CCC(C(=O)O)N1CCN(CC(=O)O)CCN(CC(=O)O)CCN(CC(=O)O)CC1)C(=O)O)C(=O)O. The Hall–Kier alpha value is -7.03. The lowest BCUT2D eigenvalue weighted by Gasteiger charge is -2.35. The predicted molar refractivity (Wildman–Crippen MR) is 254 cm³/mol. The van der Waals surface area contributed by atoms with Crippen molar-refractivity contribution < 1.29 is 83.7 Å². The molecular weight excluding hydrogens is 951 g/mol. The van der Waals surface area contributed by atoms with Gasteiger partial charge in [-0.25, -0.2) is 14.4 Å². The van der Waals surface area contributed by atoms with Crippen molar-refractivity contribution in [2.45, 2.75) is 88.9 Å². The average molecular weight is 1020 g/mol. The zero-order valence-electron chi connectivity index (χ0n) is 40.1. The topological polar surface area (TPSA) is 377 Å². The summed E-state index contributed by atoms with van der Waals surface area (Å²) in [5.74, 6) is -9.45. The van der Waals surface area contributed by atoms with Crippen LogP contribution in [-0.2, 0) is 49.7 Å². The molecule has 1 fully saturated rings. The third-order valence-electron chi connectivity index (χ3n) is 11.9. The number of fused-ring (bicyclic) bond motifs is 1. The van der Waals surface area contributed by atoms with Crippen LogP contribution in [0.5, 0.6) is 0 Å². The van der Waals surface area contributed by atoms with Crippen molar-refractivity contribution in [3.8, 4) is 0 Å². The Bertz CT molecular complexity index is 2140. The van der Waals surface area contributed by atoms with Gasteiger partial charge in [-0.2, -0.15) is 0 Å².